The van der Waals surface area contributed by atoms with Crippen molar-refractivity contribution in [3.63, 3.8) is 0 Å². The van der Waals surface area contributed by atoms with Crippen molar-refractivity contribution in [1.29, 1.82) is 0 Å². The maximum atomic E-state index is 13.1. The van der Waals surface area contributed by atoms with Gasteiger partial charge in [-0.2, -0.15) is 5.10 Å². The Kier molecular flexibility index (Phi) is 6.46. The van der Waals surface area contributed by atoms with Crippen molar-refractivity contribution in [2.45, 2.75) is 5.16 Å². The van der Waals surface area contributed by atoms with Gasteiger partial charge in [0.2, 0.25) is 5.91 Å². The van der Waals surface area contributed by atoms with Crippen LogP contribution < -0.4 is 10.2 Å². The van der Waals surface area contributed by atoms with E-state index in [1.54, 1.807) is 36.4 Å². The lowest BCUT2D eigenvalue weighted by atomic mass is 10.1. The number of anilines is 2. The third kappa shape index (κ3) is 5.40. The lowest BCUT2D eigenvalue weighted by Gasteiger charge is -2.36. The fourth-order valence-corrected chi connectivity index (χ4v) is 3.87. The predicted octanol–water partition coefficient (Wildman–Crippen LogP) is 2.64. The molecule has 0 radical (unpaired) electrons. The van der Waals surface area contributed by atoms with E-state index in [1.165, 1.54) is 30.2 Å². The van der Waals surface area contributed by atoms with E-state index in [0.29, 0.717) is 42.6 Å². The summed E-state index contributed by atoms with van der Waals surface area (Å²) in [6.45, 7) is 2.56. The van der Waals surface area contributed by atoms with Crippen LogP contribution in [0.15, 0.2) is 60.0 Å². The highest BCUT2D eigenvalue weighted by atomic mass is 32.2. The van der Waals surface area contributed by atoms with Gasteiger partial charge >= 0.3 is 0 Å². The Labute approximate surface area is 182 Å². The molecule has 2 heterocycles. The molecule has 1 aromatic heterocycles. The van der Waals surface area contributed by atoms with E-state index in [0.717, 1.165) is 5.69 Å². The van der Waals surface area contributed by atoms with Crippen molar-refractivity contribution in [2.24, 2.45) is 0 Å². The molecule has 160 valence electrons. The first-order valence-corrected chi connectivity index (χ1v) is 10.7. The summed E-state index contributed by atoms with van der Waals surface area (Å²) in [5.74, 6) is -0.269. The summed E-state index contributed by atoms with van der Waals surface area (Å²) in [4.78, 5) is 32.7. The molecule has 0 atom stereocenters. The van der Waals surface area contributed by atoms with Crippen molar-refractivity contribution < 1.29 is 14.0 Å². The number of carbonyl (C=O) groups is 2. The van der Waals surface area contributed by atoms with Crippen LogP contribution in [0, 0.1) is 5.82 Å². The number of carbonyl (C=O) groups excluding carboxylic acids is 2. The zero-order valence-corrected chi connectivity index (χ0v) is 17.4. The van der Waals surface area contributed by atoms with Crippen LogP contribution in [0.4, 0.5) is 15.8 Å². The van der Waals surface area contributed by atoms with Crippen LogP contribution in [0.3, 0.4) is 0 Å². The topological polar surface area (TPSA) is 94.2 Å². The molecule has 8 nitrogen and oxygen atoms in total. The molecule has 1 fully saturated rings. The number of halogens is 1. The average Bonchev–Trinajstić information content (AvgIpc) is 3.32. The highest BCUT2D eigenvalue weighted by Crippen LogP contribution is 2.19. The second-order valence-electron chi connectivity index (χ2n) is 6.96. The number of hydrogen-bond acceptors (Lipinski definition) is 6. The molecule has 0 unspecified atom stereocenters. The van der Waals surface area contributed by atoms with Crippen LogP contribution in [0.5, 0.6) is 0 Å². The molecule has 2 amide bonds. The largest absolute Gasteiger partial charge is 0.368 e. The Morgan fingerprint density at radius 2 is 1.74 bits per heavy atom. The molecular weight excluding hydrogens is 419 g/mol. The quantitative estimate of drug-likeness (QED) is 0.573. The van der Waals surface area contributed by atoms with E-state index in [4.69, 9.17) is 0 Å². The number of aromatic nitrogens is 3. The zero-order chi connectivity index (χ0) is 21.6. The summed E-state index contributed by atoms with van der Waals surface area (Å²) in [5, 5.41) is 9.79. The predicted molar refractivity (Wildman–Crippen MR) is 117 cm³/mol. The molecule has 2 N–H and O–H groups in total. The first-order valence-electron chi connectivity index (χ1n) is 9.76. The van der Waals surface area contributed by atoms with Crippen LogP contribution in [-0.2, 0) is 4.79 Å². The number of thioether (sulfide) groups is 1. The molecule has 1 saturated heterocycles. The minimum atomic E-state index is -0.259. The van der Waals surface area contributed by atoms with Gasteiger partial charge < -0.3 is 15.1 Å². The molecule has 10 heteroatoms. The fourth-order valence-electron chi connectivity index (χ4n) is 3.29. The van der Waals surface area contributed by atoms with Crippen molar-refractivity contribution in [1.82, 2.24) is 20.1 Å². The van der Waals surface area contributed by atoms with E-state index in [1.807, 2.05) is 4.90 Å². The van der Waals surface area contributed by atoms with Crippen molar-refractivity contribution in [2.75, 3.05) is 42.1 Å². The van der Waals surface area contributed by atoms with Gasteiger partial charge in [-0.15, -0.1) is 0 Å². The van der Waals surface area contributed by atoms with Crippen molar-refractivity contribution in [3.05, 3.63) is 66.2 Å². The van der Waals surface area contributed by atoms with E-state index in [9.17, 15) is 14.0 Å². The molecule has 1 aliphatic rings. The molecular formula is C21H21FN6O2S. The number of nitrogens with one attached hydrogen (secondary N) is 2. The lowest BCUT2D eigenvalue weighted by Crippen LogP contribution is -2.48. The number of H-pyrrole nitrogens is 1. The van der Waals surface area contributed by atoms with Gasteiger partial charge in [-0.25, -0.2) is 9.37 Å². The first-order chi connectivity index (χ1) is 15.1. The molecule has 4 rings (SSSR count). The van der Waals surface area contributed by atoms with Gasteiger partial charge in [0.25, 0.3) is 5.91 Å². The summed E-state index contributed by atoms with van der Waals surface area (Å²) < 4.78 is 13.1. The zero-order valence-electron chi connectivity index (χ0n) is 16.6. The Balaban J connectivity index is 1.27. The molecule has 0 aliphatic carbocycles. The van der Waals surface area contributed by atoms with Gasteiger partial charge in [0.1, 0.15) is 12.1 Å². The van der Waals surface area contributed by atoms with Crippen molar-refractivity contribution in [3.8, 4) is 0 Å². The maximum Gasteiger partial charge on any atom is 0.253 e. The summed E-state index contributed by atoms with van der Waals surface area (Å²) in [6, 6.07) is 13.3. The summed E-state index contributed by atoms with van der Waals surface area (Å²) >= 11 is 1.26. The average molecular weight is 441 g/mol. The van der Waals surface area contributed by atoms with Gasteiger partial charge in [-0.05, 0) is 48.5 Å². The summed E-state index contributed by atoms with van der Waals surface area (Å²) in [7, 11) is 0. The Morgan fingerprint density at radius 1 is 1.03 bits per heavy atom. The third-order valence-electron chi connectivity index (χ3n) is 4.91. The SMILES string of the molecule is O=C(CSc1ncn[nH]1)Nc1ccc(C(=O)N2CCN(c3ccc(F)cc3)CC2)cc1. The second kappa shape index (κ2) is 9.61. The monoisotopic (exact) mass is 440 g/mol. The molecule has 2 aromatic carbocycles. The smallest absolute Gasteiger partial charge is 0.253 e. The van der Waals surface area contributed by atoms with E-state index in [2.05, 4.69) is 25.4 Å². The third-order valence-corrected chi connectivity index (χ3v) is 5.78. The Morgan fingerprint density at radius 3 is 2.39 bits per heavy atom. The molecule has 0 bridgehead atoms. The molecule has 0 saturated carbocycles. The minimum absolute atomic E-state index is 0.0440. The van der Waals surface area contributed by atoms with E-state index in [-0.39, 0.29) is 23.4 Å². The molecule has 0 spiro atoms. The second-order valence-corrected chi connectivity index (χ2v) is 7.92. The van der Waals surface area contributed by atoms with Crippen LogP contribution in [0.2, 0.25) is 0 Å². The number of piperazine rings is 1. The van der Waals surface area contributed by atoms with Crippen LogP contribution in [0.1, 0.15) is 10.4 Å². The van der Waals surface area contributed by atoms with Gasteiger partial charge in [0, 0.05) is 43.1 Å². The van der Waals surface area contributed by atoms with Gasteiger partial charge in [-0.1, -0.05) is 11.8 Å². The molecule has 31 heavy (non-hydrogen) atoms. The Bertz CT molecular complexity index is 1020. The fraction of sp³-hybridized carbons (Fsp3) is 0.238. The lowest BCUT2D eigenvalue weighted by molar-refractivity contribution is -0.113. The molecule has 1 aliphatic heterocycles. The van der Waals surface area contributed by atoms with Crippen molar-refractivity contribution >= 4 is 35.0 Å². The van der Waals surface area contributed by atoms with E-state index >= 15 is 0 Å². The number of amides is 2. The highest BCUT2D eigenvalue weighted by molar-refractivity contribution is 7.99. The normalized spacial score (nSPS) is 13.8. The number of aromatic amines is 1. The maximum absolute atomic E-state index is 13.1. The van der Waals surface area contributed by atoms with Crippen LogP contribution in [-0.4, -0.2) is 63.8 Å². The number of rotatable bonds is 6. The van der Waals surface area contributed by atoms with E-state index < -0.39 is 0 Å². The van der Waals surface area contributed by atoms with Gasteiger partial charge in [0.05, 0.1) is 5.75 Å². The number of benzene rings is 2. The first kappa shape index (κ1) is 20.9. The standard InChI is InChI=1S/C21H21FN6O2S/c22-16-3-7-18(8-4-16)27-9-11-28(12-10-27)20(30)15-1-5-17(6-2-15)25-19(29)13-31-21-23-14-24-26-21/h1-8,14H,9-13H2,(H,25,29)(H,23,24,26). The van der Waals surface area contributed by atoms with Gasteiger partial charge in [0.15, 0.2) is 5.16 Å². The summed E-state index contributed by atoms with van der Waals surface area (Å²) in [5.41, 5.74) is 2.15. The minimum Gasteiger partial charge on any atom is -0.368 e. The number of nitrogens with zero attached hydrogens (tertiary/aromatic N) is 4. The van der Waals surface area contributed by atoms with Gasteiger partial charge in [-0.3, -0.25) is 14.7 Å². The molecule has 3 aromatic rings. The van der Waals surface area contributed by atoms with Crippen LogP contribution >= 0.6 is 11.8 Å². The number of hydrogen-bond donors (Lipinski definition) is 2. The Hall–Kier alpha value is -3.40. The summed E-state index contributed by atoms with van der Waals surface area (Å²) in [6.07, 6.45) is 1.39. The highest BCUT2D eigenvalue weighted by Gasteiger charge is 2.22. The van der Waals surface area contributed by atoms with Crippen LogP contribution in [0.25, 0.3) is 0 Å².